The minimum atomic E-state index is 0.890. The number of halogens is 1. The van der Waals surface area contributed by atoms with Gasteiger partial charge in [-0.3, -0.25) is 4.90 Å². The first-order chi connectivity index (χ1) is 5.88. The van der Waals surface area contributed by atoms with Crippen LogP contribution in [0.3, 0.4) is 0 Å². The molecule has 1 unspecified atom stereocenters. The van der Waals surface area contributed by atoms with Gasteiger partial charge in [0.1, 0.15) is 0 Å². The van der Waals surface area contributed by atoms with E-state index >= 15 is 0 Å². The van der Waals surface area contributed by atoms with E-state index in [4.69, 9.17) is 0 Å². The van der Waals surface area contributed by atoms with Gasteiger partial charge in [0, 0.05) is 17.9 Å². The van der Waals surface area contributed by atoms with Crippen LogP contribution in [0.5, 0.6) is 0 Å². The fourth-order valence-electron chi connectivity index (χ4n) is 2.12. The first kappa shape index (κ1) is 10.5. The molecule has 0 amide bonds. The van der Waals surface area contributed by atoms with E-state index in [9.17, 15) is 0 Å². The van der Waals surface area contributed by atoms with Crippen molar-refractivity contribution in [3.63, 3.8) is 0 Å². The Morgan fingerprint density at radius 2 is 2.25 bits per heavy atom. The maximum Gasteiger partial charge on any atom is 0.0159 e. The van der Waals surface area contributed by atoms with Crippen LogP contribution >= 0.6 is 15.9 Å². The molecule has 0 N–H and O–H groups in total. The topological polar surface area (TPSA) is 3.24 Å². The van der Waals surface area contributed by atoms with Gasteiger partial charge in [-0.25, -0.2) is 0 Å². The second-order valence-electron chi connectivity index (χ2n) is 3.66. The predicted molar refractivity (Wildman–Crippen MR) is 57.9 cm³/mol. The number of piperidine rings is 1. The van der Waals surface area contributed by atoms with Crippen molar-refractivity contribution in [3.8, 4) is 0 Å². The second-order valence-corrected chi connectivity index (χ2v) is 4.46. The molecule has 2 heteroatoms. The zero-order valence-electron chi connectivity index (χ0n) is 8.06. The lowest BCUT2D eigenvalue weighted by Gasteiger charge is -2.35. The molecule has 1 aliphatic rings. The molecule has 1 rings (SSSR count). The number of hydrogen-bond acceptors (Lipinski definition) is 1. The van der Waals surface area contributed by atoms with Crippen molar-refractivity contribution in [2.24, 2.45) is 0 Å². The molecular formula is C10H20BrN. The maximum absolute atomic E-state index is 3.52. The van der Waals surface area contributed by atoms with Gasteiger partial charge in [-0.2, -0.15) is 0 Å². The van der Waals surface area contributed by atoms with Gasteiger partial charge >= 0.3 is 0 Å². The van der Waals surface area contributed by atoms with Crippen molar-refractivity contribution in [1.29, 1.82) is 0 Å². The third kappa shape index (κ3) is 3.06. The van der Waals surface area contributed by atoms with Gasteiger partial charge in [-0.1, -0.05) is 35.7 Å². The summed E-state index contributed by atoms with van der Waals surface area (Å²) in [6.45, 7) is 4.86. The van der Waals surface area contributed by atoms with Crippen LogP contribution in [0.2, 0.25) is 0 Å². The zero-order valence-corrected chi connectivity index (χ0v) is 9.65. The van der Waals surface area contributed by atoms with E-state index in [1.165, 1.54) is 45.2 Å². The Bertz CT molecular complexity index is 98.4. The van der Waals surface area contributed by atoms with E-state index in [1.807, 2.05) is 0 Å². The molecule has 0 aliphatic carbocycles. The number of likely N-dealkylation sites (tertiary alicyclic amines) is 1. The van der Waals surface area contributed by atoms with E-state index < -0.39 is 0 Å². The normalized spacial score (nSPS) is 26.0. The Labute approximate surface area is 84.6 Å². The monoisotopic (exact) mass is 233 g/mol. The largest absolute Gasteiger partial charge is 0.300 e. The van der Waals surface area contributed by atoms with Crippen LogP contribution in [-0.4, -0.2) is 29.4 Å². The molecule has 1 aliphatic heterocycles. The van der Waals surface area contributed by atoms with Crippen LogP contribution in [-0.2, 0) is 0 Å². The van der Waals surface area contributed by atoms with E-state index in [-0.39, 0.29) is 0 Å². The Hall–Kier alpha value is 0.440. The minimum Gasteiger partial charge on any atom is -0.300 e. The summed E-state index contributed by atoms with van der Waals surface area (Å²) in [6, 6.07) is 0.890. The van der Waals surface area contributed by atoms with Crippen molar-refractivity contribution in [3.05, 3.63) is 0 Å². The Kier molecular flexibility index (Phi) is 5.24. The maximum atomic E-state index is 3.52. The quantitative estimate of drug-likeness (QED) is 0.676. The van der Waals surface area contributed by atoms with Crippen molar-refractivity contribution >= 4 is 15.9 Å². The fourth-order valence-corrected chi connectivity index (χ4v) is 2.58. The SMILES string of the molecule is CCCC1CCCCN1CCBr. The third-order valence-electron chi connectivity index (χ3n) is 2.74. The lowest BCUT2D eigenvalue weighted by molar-refractivity contribution is 0.149. The number of nitrogens with zero attached hydrogens (tertiary/aromatic N) is 1. The summed E-state index contributed by atoms with van der Waals surface area (Å²) < 4.78 is 0. The van der Waals surface area contributed by atoms with Crippen LogP contribution < -0.4 is 0 Å². The smallest absolute Gasteiger partial charge is 0.0159 e. The molecule has 1 atom stereocenters. The van der Waals surface area contributed by atoms with Gasteiger partial charge in [0.15, 0.2) is 0 Å². The highest BCUT2D eigenvalue weighted by molar-refractivity contribution is 9.09. The van der Waals surface area contributed by atoms with E-state index in [1.54, 1.807) is 0 Å². The highest BCUT2D eigenvalue weighted by Gasteiger charge is 2.20. The first-order valence-corrected chi connectivity index (χ1v) is 6.30. The van der Waals surface area contributed by atoms with E-state index in [0.29, 0.717) is 0 Å². The molecule has 72 valence electrons. The van der Waals surface area contributed by atoms with Gasteiger partial charge in [-0.15, -0.1) is 0 Å². The molecule has 0 saturated carbocycles. The molecule has 1 saturated heterocycles. The predicted octanol–water partition coefficient (Wildman–Crippen LogP) is 3.04. The standard InChI is InChI=1S/C10H20BrN/c1-2-5-10-6-3-4-8-12(10)9-7-11/h10H,2-9H2,1H3. The van der Waals surface area contributed by atoms with Crippen LogP contribution in [0.4, 0.5) is 0 Å². The molecule has 0 bridgehead atoms. The Morgan fingerprint density at radius 3 is 2.92 bits per heavy atom. The van der Waals surface area contributed by atoms with Gasteiger partial charge < -0.3 is 0 Å². The van der Waals surface area contributed by atoms with Crippen molar-refractivity contribution < 1.29 is 0 Å². The molecule has 0 spiro atoms. The molecule has 12 heavy (non-hydrogen) atoms. The van der Waals surface area contributed by atoms with Crippen molar-refractivity contribution in [2.45, 2.75) is 45.1 Å². The number of alkyl halides is 1. The fraction of sp³-hybridized carbons (Fsp3) is 1.00. The van der Waals surface area contributed by atoms with Crippen LogP contribution in [0, 0.1) is 0 Å². The average molecular weight is 234 g/mol. The Balaban J connectivity index is 2.31. The summed E-state index contributed by atoms with van der Waals surface area (Å²) in [5, 5.41) is 1.13. The molecule has 1 fully saturated rings. The highest BCUT2D eigenvalue weighted by atomic mass is 79.9. The second kappa shape index (κ2) is 5.98. The molecule has 0 aromatic heterocycles. The lowest BCUT2D eigenvalue weighted by atomic mass is 9.98. The first-order valence-electron chi connectivity index (χ1n) is 5.18. The van der Waals surface area contributed by atoms with Crippen LogP contribution in [0.1, 0.15) is 39.0 Å². The molecule has 0 aromatic carbocycles. The number of hydrogen-bond donors (Lipinski definition) is 0. The molecule has 0 radical (unpaired) electrons. The summed E-state index contributed by atoms with van der Waals surface area (Å²) >= 11 is 3.52. The van der Waals surface area contributed by atoms with Crippen LogP contribution in [0.15, 0.2) is 0 Å². The summed E-state index contributed by atoms with van der Waals surface area (Å²) in [4.78, 5) is 2.65. The molecule has 0 aromatic rings. The molecule has 1 heterocycles. The van der Waals surface area contributed by atoms with Crippen LogP contribution in [0.25, 0.3) is 0 Å². The zero-order chi connectivity index (χ0) is 8.81. The van der Waals surface area contributed by atoms with Gasteiger partial charge in [0.2, 0.25) is 0 Å². The minimum absolute atomic E-state index is 0.890. The lowest BCUT2D eigenvalue weighted by Crippen LogP contribution is -2.40. The third-order valence-corrected chi connectivity index (χ3v) is 3.10. The van der Waals surface area contributed by atoms with E-state index in [0.717, 1.165) is 11.4 Å². The molecule has 1 nitrogen and oxygen atoms in total. The summed E-state index contributed by atoms with van der Waals surface area (Å²) in [7, 11) is 0. The van der Waals surface area contributed by atoms with Gasteiger partial charge in [0.25, 0.3) is 0 Å². The highest BCUT2D eigenvalue weighted by Crippen LogP contribution is 2.20. The van der Waals surface area contributed by atoms with Gasteiger partial charge in [0.05, 0.1) is 0 Å². The average Bonchev–Trinajstić information content (AvgIpc) is 2.09. The van der Waals surface area contributed by atoms with Crippen molar-refractivity contribution in [2.75, 3.05) is 18.4 Å². The summed E-state index contributed by atoms with van der Waals surface area (Å²) in [5.41, 5.74) is 0. The van der Waals surface area contributed by atoms with Gasteiger partial charge in [-0.05, 0) is 25.8 Å². The van der Waals surface area contributed by atoms with Crippen molar-refractivity contribution in [1.82, 2.24) is 4.90 Å². The van der Waals surface area contributed by atoms with E-state index in [2.05, 4.69) is 27.8 Å². The molecular weight excluding hydrogens is 214 g/mol. The Morgan fingerprint density at radius 1 is 1.42 bits per heavy atom. The summed E-state index contributed by atoms with van der Waals surface area (Å²) in [6.07, 6.45) is 7.02. The summed E-state index contributed by atoms with van der Waals surface area (Å²) in [5.74, 6) is 0. The number of rotatable bonds is 4.